The first-order chi connectivity index (χ1) is 16.7. The van der Waals surface area contributed by atoms with Crippen LogP contribution in [0.5, 0.6) is 17.2 Å². The number of nitrogens with zero attached hydrogens (tertiary/aromatic N) is 1. The average Bonchev–Trinajstić information content (AvgIpc) is 3.05. The van der Waals surface area contributed by atoms with Gasteiger partial charge in [0.05, 0.1) is 0 Å². The van der Waals surface area contributed by atoms with Crippen molar-refractivity contribution in [2.75, 3.05) is 11.9 Å². The molecule has 4 amide bonds. The van der Waals surface area contributed by atoms with E-state index in [1.54, 1.807) is 24.3 Å². The van der Waals surface area contributed by atoms with Crippen molar-refractivity contribution < 1.29 is 32.6 Å². The Bertz CT molecular complexity index is 1220. The smallest absolute Gasteiger partial charge is 0.387 e. The van der Waals surface area contributed by atoms with Crippen molar-refractivity contribution in [1.29, 1.82) is 0 Å². The fourth-order valence-corrected chi connectivity index (χ4v) is 3.58. The molecule has 35 heavy (non-hydrogen) atoms. The summed E-state index contributed by atoms with van der Waals surface area (Å²) in [6.45, 7) is -2.01. The van der Waals surface area contributed by atoms with E-state index in [1.807, 2.05) is 30.3 Å². The average molecular weight is 481 g/mol. The van der Waals surface area contributed by atoms with Gasteiger partial charge in [0.1, 0.15) is 29.3 Å². The Morgan fingerprint density at radius 2 is 1.54 bits per heavy atom. The van der Waals surface area contributed by atoms with Crippen LogP contribution in [0.4, 0.5) is 19.3 Å². The number of carbonyl (C=O) groups is 3. The van der Waals surface area contributed by atoms with Gasteiger partial charge in [0.15, 0.2) is 0 Å². The molecule has 3 aromatic carbocycles. The Kier molecular flexibility index (Phi) is 6.63. The van der Waals surface area contributed by atoms with Crippen molar-refractivity contribution in [1.82, 2.24) is 10.2 Å². The molecule has 3 aromatic rings. The second-order valence-electron chi connectivity index (χ2n) is 7.84. The van der Waals surface area contributed by atoms with Crippen molar-refractivity contribution in [3.8, 4) is 17.2 Å². The van der Waals surface area contributed by atoms with Crippen LogP contribution in [0, 0.1) is 0 Å². The molecule has 0 aliphatic carbocycles. The maximum atomic E-state index is 13.0. The fourth-order valence-electron chi connectivity index (χ4n) is 3.58. The number of imide groups is 1. The Morgan fingerprint density at radius 1 is 0.943 bits per heavy atom. The van der Waals surface area contributed by atoms with Gasteiger partial charge in [-0.15, -0.1) is 0 Å². The molecule has 0 saturated carbocycles. The molecule has 1 heterocycles. The number of amides is 4. The van der Waals surface area contributed by atoms with Gasteiger partial charge in [-0.25, -0.2) is 4.79 Å². The Balaban J connectivity index is 1.37. The summed E-state index contributed by atoms with van der Waals surface area (Å²) < 4.78 is 34.7. The maximum absolute atomic E-state index is 13.0. The summed E-state index contributed by atoms with van der Waals surface area (Å²) in [4.78, 5) is 38.8. The van der Waals surface area contributed by atoms with Crippen LogP contribution in [0.1, 0.15) is 12.5 Å². The zero-order valence-corrected chi connectivity index (χ0v) is 18.5. The number of ether oxygens (including phenoxy) is 2. The van der Waals surface area contributed by atoms with E-state index in [9.17, 15) is 23.2 Å². The third-order valence-corrected chi connectivity index (χ3v) is 5.35. The first-order valence-corrected chi connectivity index (χ1v) is 10.6. The molecule has 1 saturated heterocycles. The highest BCUT2D eigenvalue weighted by Crippen LogP contribution is 2.30. The molecule has 1 atom stereocenters. The van der Waals surface area contributed by atoms with Crippen LogP contribution in [0.3, 0.4) is 0 Å². The Hall–Kier alpha value is -4.47. The molecule has 0 unspecified atom stereocenters. The van der Waals surface area contributed by atoms with E-state index in [4.69, 9.17) is 4.74 Å². The van der Waals surface area contributed by atoms with E-state index in [1.165, 1.54) is 31.2 Å². The largest absolute Gasteiger partial charge is 0.457 e. The van der Waals surface area contributed by atoms with E-state index < -0.39 is 36.5 Å². The number of benzene rings is 3. The third kappa shape index (κ3) is 5.37. The summed E-state index contributed by atoms with van der Waals surface area (Å²) in [7, 11) is 0. The maximum Gasteiger partial charge on any atom is 0.387 e. The van der Waals surface area contributed by atoms with Crippen molar-refractivity contribution in [3.63, 3.8) is 0 Å². The lowest BCUT2D eigenvalue weighted by Crippen LogP contribution is -2.42. The van der Waals surface area contributed by atoms with Gasteiger partial charge in [-0.3, -0.25) is 14.5 Å². The van der Waals surface area contributed by atoms with Crippen LogP contribution in [0.25, 0.3) is 0 Å². The van der Waals surface area contributed by atoms with E-state index >= 15 is 0 Å². The highest BCUT2D eigenvalue weighted by Gasteiger charge is 2.49. The Morgan fingerprint density at radius 3 is 2.17 bits per heavy atom. The van der Waals surface area contributed by atoms with Gasteiger partial charge in [-0.1, -0.05) is 30.3 Å². The molecule has 8 nitrogen and oxygen atoms in total. The Labute approximate surface area is 199 Å². The molecule has 0 radical (unpaired) electrons. The number of nitrogens with one attached hydrogen (secondary N) is 2. The van der Waals surface area contributed by atoms with Crippen LogP contribution in [0.15, 0.2) is 78.9 Å². The minimum atomic E-state index is -2.98. The second-order valence-corrected chi connectivity index (χ2v) is 7.84. The lowest BCUT2D eigenvalue weighted by atomic mass is 9.92. The molecule has 2 N–H and O–H groups in total. The predicted octanol–water partition coefficient (Wildman–Crippen LogP) is 4.49. The predicted molar refractivity (Wildman–Crippen MR) is 122 cm³/mol. The van der Waals surface area contributed by atoms with E-state index in [2.05, 4.69) is 15.4 Å². The highest BCUT2D eigenvalue weighted by atomic mass is 19.3. The molecule has 0 bridgehead atoms. The molecule has 180 valence electrons. The zero-order valence-electron chi connectivity index (χ0n) is 18.5. The van der Waals surface area contributed by atoms with Gasteiger partial charge in [0.25, 0.3) is 5.91 Å². The summed E-state index contributed by atoms with van der Waals surface area (Å²) in [6.07, 6.45) is 0. The van der Waals surface area contributed by atoms with Crippen molar-refractivity contribution in [2.24, 2.45) is 0 Å². The summed E-state index contributed by atoms with van der Waals surface area (Å²) in [5, 5.41) is 5.20. The molecule has 0 spiro atoms. The van der Waals surface area contributed by atoms with Crippen LogP contribution in [-0.4, -0.2) is 35.9 Å². The van der Waals surface area contributed by atoms with Gasteiger partial charge in [0, 0.05) is 5.69 Å². The quantitative estimate of drug-likeness (QED) is 0.463. The number of alkyl halides is 2. The summed E-state index contributed by atoms with van der Waals surface area (Å²) >= 11 is 0. The number of para-hydroxylation sites is 1. The molecule has 4 rings (SSSR count). The third-order valence-electron chi connectivity index (χ3n) is 5.35. The molecule has 1 fully saturated rings. The monoisotopic (exact) mass is 481 g/mol. The standard InChI is InChI=1S/C25H21F2N3O5/c1-25(16-7-11-20(12-8-16)35-23(26)27)22(32)30(24(33)29-25)15-21(31)28-17-9-13-19(14-10-17)34-18-5-3-2-4-6-18/h2-14,23H,15H2,1H3,(H,28,31)(H,29,33)/t25-/m0/s1. The fraction of sp³-hybridized carbons (Fsp3) is 0.160. The minimum absolute atomic E-state index is 0.0828. The van der Waals surface area contributed by atoms with Gasteiger partial charge in [0.2, 0.25) is 5.91 Å². The van der Waals surface area contributed by atoms with Gasteiger partial charge >= 0.3 is 12.6 Å². The number of rotatable bonds is 8. The van der Waals surface area contributed by atoms with Crippen molar-refractivity contribution in [3.05, 3.63) is 84.4 Å². The lowest BCUT2D eigenvalue weighted by Gasteiger charge is -2.22. The van der Waals surface area contributed by atoms with Crippen molar-refractivity contribution >= 4 is 23.5 Å². The molecular formula is C25H21F2N3O5. The number of hydrogen-bond donors (Lipinski definition) is 2. The van der Waals surface area contributed by atoms with Gasteiger partial charge < -0.3 is 20.1 Å². The zero-order chi connectivity index (χ0) is 25.0. The number of hydrogen-bond acceptors (Lipinski definition) is 5. The molecule has 1 aliphatic rings. The second kappa shape index (κ2) is 9.80. The van der Waals surface area contributed by atoms with Crippen LogP contribution in [0.2, 0.25) is 0 Å². The summed E-state index contributed by atoms with van der Waals surface area (Å²) in [6, 6.07) is 20.4. The number of urea groups is 1. The molecular weight excluding hydrogens is 460 g/mol. The topological polar surface area (TPSA) is 97.0 Å². The van der Waals surface area contributed by atoms with Crippen LogP contribution in [-0.2, 0) is 15.1 Å². The first kappa shape index (κ1) is 23.7. The van der Waals surface area contributed by atoms with Gasteiger partial charge in [-0.05, 0) is 61.0 Å². The molecule has 0 aromatic heterocycles. The van der Waals surface area contributed by atoms with Crippen LogP contribution >= 0.6 is 0 Å². The molecule has 10 heteroatoms. The van der Waals surface area contributed by atoms with E-state index in [-0.39, 0.29) is 5.75 Å². The van der Waals surface area contributed by atoms with Crippen molar-refractivity contribution in [2.45, 2.75) is 19.1 Å². The summed E-state index contributed by atoms with van der Waals surface area (Å²) in [5.41, 5.74) is -0.647. The number of halogens is 2. The molecule has 1 aliphatic heterocycles. The van der Waals surface area contributed by atoms with E-state index in [0.717, 1.165) is 4.90 Å². The number of anilines is 1. The van der Waals surface area contributed by atoms with Gasteiger partial charge in [-0.2, -0.15) is 8.78 Å². The first-order valence-electron chi connectivity index (χ1n) is 10.6. The summed E-state index contributed by atoms with van der Waals surface area (Å²) in [5.74, 6) is -0.0615. The highest BCUT2D eigenvalue weighted by molar-refractivity contribution is 6.10. The normalized spacial score (nSPS) is 17.3. The lowest BCUT2D eigenvalue weighted by molar-refractivity contribution is -0.133. The van der Waals surface area contributed by atoms with Crippen LogP contribution < -0.4 is 20.1 Å². The SMILES string of the molecule is C[C@@]1(c2ccc(OC(F)F)cc2)NC(=O)N(CC(=O)Nc2ccc(Oc3ccccc3)cc2)C1=O. The number of carbonyl (C=O) groups excluding carboxylic acids is 3. The minimum Gasteiger partial charge on any atom is -0.457 e. The van der Waals surface area contributed by atoms with E-state index in [0.29, 0.717) is 22.7 Å².